The summed E-state index contributed by atoms with van der Waals surface area (Å²) < 4.78 is 38.5. The number of anilines is 2. The van der Waals surface area contributed by atoms with Crippen molar-refractivity contribution in [1.29, 1.82) is 0 Å². The van der Waals surface area contributed by atoms with Crippen LogP contribution in [-0.2, 0) is 19.6 Å². The van der Waals surface area contributed by atoms with E-state index in [4.69, 9.17) is 9.47 Å². The number of sulfonamides is 1. The Kier molecular flexibility index (Phi) is 7.98. The molecule has 2 amide bonds. The molecule has 5 rings (SSSR count). The van der Waals surface area contributed by atoms with Crippen molar-refractivity contribution in [2.45, 2.75) is 37.2 Å². The summed E-state index contributed by atoms with van der Waals surface area (Å²) in [5, 5.41) is 2.86. The lowest BCUT2D eigenvalue weighted by atomic mass is 10.1. The number of nitrogens with zero attached hydrogens (tertiary/aromatic N) is 3. The standard InChI is InChI=1S/C27H34N4O6S/c1-20-27(33)31(14-13-29-15-17-36-18-16-29)24-19-22(7-10-25(24)37-20)28-26(32)21-5-8-23(9-6-21)38(34,35)30-11-3-2-4-12-30/h5-10,19-20H,2-4,11-18H2,1H3,(H,28,32). The second-order valence-electron chi connectivity index (χ2n) is 9.83. The Hall–Kier alpha value is -2.99. The van der Waals surface area contributed by atoms with Crippen molar-refractivity contribution in [2.24, 2.45) is 0 Å². The first-order valence-corrected chi connectivity index (χ1v) is 14.6. The number of nitrogens with one attached hydrogen (secondary N) is 1. The van der Waals surface area contributed by atoms with Crippen LogP contribution in [0, 0.1) is 0 Å². The molecule has 1 N–H and O–H groups in total. The first-order chi connectivity index (χ1) is 18.3. The Morgan fingerprint density at radius 1 is 0.974 bits per heavy atom. The van der Waals surface area contributed by atoms with Gasteiger partial charge in [-0.05, 0) is 62.2 Å². The number of ether oxygens (including phenoxy) is 2. The fraction of sp³-hybridized carbons (Fsp3) is 0.481. The molecule has 1 unspecified atom stereocenters. The highest BCUT2D eigenvalue weighted by Gasteiger charge is 2.32. The summed E-state index contributed by atoms with van der Waals surface area (Å²) in [6.07, 6.45) is 2.17. The molecule has 2 aromatic rings. The van der Waals surface area contributed by atoms with E-state index < -0.39 is 16.1 Å². The Balaban J connectivity index is 1.29. The lowest BCUT2D eigenvalue weighted by molar-refractivity contribution is -0.125. The molecular weight excluding hydrogens is 508 g/mol. The number of hydrogen-bond donors (Lipinski definition) is 1. The molecule has 0 aromatic heterocycles. The summed E-state index contributed by atoms with van der Waals surface area (Å²) in [4.78, 5) is 30.1. The molecule has 3 aliphatic heterocycles. The quantitative estimate of drug-likeness (QED) is 0.573. The minimum Gasteiger partial charge on any atom is -0.479 e. The first kappa shape index (κ1) is 26.6. The molecule has 0 spiro atoms. The molecule has 10 nitrogen and oxygen atoms in total. The molecule has 3 aliphatic rings. The van der Waals surface area contributed by atoms with E-state index in [0.29, 0.717) is 62.1 Å². The molecule has 1 atom stereocenters. The topological polar surface area (TPSA) is 108 Å². The third-order valence-corrected chi connectivity index (χ3v) is 9.15. The van der Waals surface area contributed by atoms with Crippen molar-refractivity contribution in [3.8, 4) is 5.75 Å². The van der Waals surface area contributed by atoms with Crippen molar-refractivity contribution in [3.63, 3.8) is 0 Å². The van der Waals surface area contributed by atoms with Gasteiger partial charge in [-0.25, -0.2) is 8.42 Å². The summed E-state index contributed by atoms with van der Waals surface area (Å²) in [7, 11) is -3.56. The van der Waals surface area contributed by atoms with E-state index in [2.05, 4.69) is 10.2 Å². The monoisotopic (exact) mass is 542 g/mol. The van der Waals surface area contributed by atoms with E-state index in [-0.39, 0.29) is 16.7 Å². The lowest BCUT2D eigenvalue weighted by Gasteiger charge is -2.35. The van der Waals surface area contributed by atoms with Gasteiger partial charge >= 0.3 is 0 Å². The molecule has 2 saturated heterocycles. The average Bonchev–Trinajstić information content (AvgIpc) is 2.94. The summed E-state index contributed by atoms with van der Waals surface area (Å²) in [6.45, 7) is 7.03. The predicted octanol–water partition coefficient (Wildman–Crippen LogP) is 2.56. The van der Waals surface area contributed by atoms with Crippen LogP contribution in [0.15, 0.2) is 47.4 Å². The second kappa shape index (κ2) is 11.4. The summed E-state index contributed by atoms with van der Waals surface area (Å²) >= 11 is 0. The highest BCUT2D eigenvalue weighted by atomic mass is 32.2. The predicted molar refractivity (Wildman–Crippen MR) is 143 cm³/mol. The molecule has 3 heterocycles. The van der Waals surface area contributed by atoms with Crippen LogP contribution in [0.4, 0.5) is 11.4 Å². The number of fused-ring (bicyclic) bond motifs is 1. The van der Waals surface area contributed by atoms with Crippen molar-refractivity contribution in [1.82, 2.24) is 9.21 Å². The van der Waals surface area contributed by atoms with E-state index in [1.54, 1.807) is 30.0 Å². The fourth-order valence-electron chi connectivity index (χ4n) is 5.02. The van der Waals surface area contributed by atoms with Gasteiger partial charge in [0.25, 0.3) is 11.8 Å². The van der Waals surface area contributed by atoms with Crippen molar-refractivity contribution >= 4 is 33.2 Å². The number of rotatable bonds is 7. The van der Waals surface area contributed by atoms with Crippen LogP contribution in [-0.4, -0.2) is 88.0 Å². The van der Waals surface area contributed by atoms with Crippen molar-refractivity contribution < 1.29 is 27.5 Å². The SMILES string of the molecule is CC1Oc2ccc(NC(=O)c3ccc(S(=O)(=O)N4CCCCC4)cc3)cc2N(CCN2CCOCC2)C1=O. The molecule has 2 aromatic carbocycles. The molecule has 0 radical (unpaired) electrons. The average molecular weight is 543 g/mol. The number of benzene rings is 2. The zero-order valence-electron chi connectivity index (χ0n) is 21.6. The first-order valence-electron chi connectivity index (χ1n) is 13.2. The smallest absolute Gasteiger partial charge is 0.267 e. The molecule has 204 valence electrons. The van der Waals surface area contributed by atoms with Gasteiger partial charge in [0.15, 0.2) is 6.10 Å². The van der Waals surface area contributed by atoms with Gasteiger partial charge in [-0.15, -0.1) is 0 Å². The number of hydrogen-bond acceptors (Lipinski definition) is 7. The number of piperidine rings is 1. The van der Waals surface area contributed by atoms with Crippen molar-refractivity contribution in [3.05, 3.63) is 48.0 Å². The maximum absolute atomic E-state index is 13.0. The third-order valence-electron chi connectivity index (χ3n) is 7.24. The Morgan fingerprint density at radius 3 is 2.39 bits per heavy atom. The zero-order chi connectivity index (χ0) is 26.7. The number of amides is 2. The molecule has 0 bridgehead atoms. The number of carbonyl (C=O) groups is 2. The Bertz CT molecular complexity index is 1270. The number of carbonyl (C=O) groups excluding carboxylic acids is 2. The van der Waals surface area contributed by atoms with Crippen LogP contribution in [0.3, 0.4) is 0 Å². The van der Waals surface area contributed by atoms with Crippen molar-refractivity contribution in [2.75, 3.05) is 62.7 Å². The van der Waals surface area contributed by atoms with E-state index in [0.717, 1.165) is 32.4 Å². The maximum Gasteiger partial charge on any atom is 0.267 e. The van der Waals surface area contributed by atoms with Gasteiger partial charge in [-0.2, -0.15) is 4.31 Å². The minimum atomic E-state index is -3.56. The molecule has 38 heavy (non-hydrogen) atoms. The van der Waals surface area contributed by atoms with Crippen LogP contribution in [0.2, 0.25) is 0 Å². The van der Waals surface area contributed by atoms with Crippen LogP contribution in [0.1, 0.15) is 36.5 Å². The van der Waals surface area contributed by atoms with Gasteiger partial charge in [0.05, 0.1) is 23.8 Å². The third kappa shape index (κ3) is 5.70. The van der Waals surface area contributed by atoms with Crippen LogP contribution in [0.5, 0.6) is 5.75 Å². The fourth-order valence-corrected chi connectivity index (χ4v) is 6.53. The van der Waals surface area contributed by atoms with Gasteiger partial charge in [0.2, 0.25) is 10.0 Å². The van der Waals surface area contributed by atoms with Gasteiger partial charge in [0, 0.05) is 50.5 Å². The zero-order valence-corrected chi connectivity index (χ0v) is 22.4. The Morgan fingerprint density at radius 2 is 1.68 bits per heavy atom. The van der Waals surface area contributed by atoms with Gasteiger partial charge < -0.3 is 19.7 Å². The molecule has 11 heteroatoms. The summed E-state index contributed by atoms with van der Waals surface area (Å²) in [6, 6.07) is 11.2. The van der Waals surface area contributed by atoms with E-state index in [1.807, 2.05) is 0 Å². The van der Waals surface area contributed by atoms with Gasteiger partial charge in [-0.1, -0.05) is 6.42 Å². The van der Waals surface area contributed by atoms with Crippen LogP contribution in [0.25, 0.3) is 0 Å². The Labute approximate surface area is 223 Å². The van der Waals surface area contributed by atoms with Gasteiger partial charge in [-0.3, -0.25) is 14.5 Å². The van der Waals surface area contributed by atoms with Crippen LogP contribution >= 0.6 is 0 Å². The largest absolute Gasteiger partial charge is 0.479 e. The van der Waals surface area contributed by atoms with Gasteiger partial charge in [0.1, 0.15) is 5.75 Å². The van der Waals surface area contributed by atoms with E-state index in [9.17, 15) is 18.0 Å². The lowest BCUT2D eigenvalue weighted by Crippen LogP contribution is -2.48. The maximum atomic E-state index is 13.0. The van der Waals surface area contributed by atoms with Crippen LogP contribution < -0.4 is 15.0 Å². The van der Waals surface area contributed by atoms with E-state index in [1.165, 1.54) is 28.6 Å². The second-order valence-corrected chi connectivity index (χ2v) is 11.8. The molecule has 2 fully saturated rings. The molecule has 0 saturated carbocycles. The number of morpholine rings is 1. The summed E-state index contributed by atoms with van der Waals surface area (Å²) in [5.41, 5.74) is 1.47. The minimum absolute atomic E-state index is 0.125. The normalized spacial score (nSPS) is 21.0. The summed E-state index contributed by atoms with van der Waals surface area (Å²) in [5.74, 6) is 0.0900. The highest BCUT2D eigenvalue weighted by molar-refractivity contribution is 7.89. The molecule has 0 aliphatic carbocycles. The van der Waals surface area contributed by atoms with E-state index >= 15 is 0 Å². The highest BCUT2D eigenvalue weighted by Crippen LogP contribution is 2.36. The molecular formula is C27H34N4O6S.